The summed E-state index contributed by atoms with van der Waals surface area (Å²) in [5.41, 5.74) is -0.480. The van der Waals surface area contributed by atoms with Gasteiger partial charge < -0.3 is 10.0 Å². The molecular formula is C18H15ClF4N4O3. The van der Waals surface area contributed by atoms with Crippen molar-refractivity contribution >= 4 is 29.3 Å². The van der Waals surface area contributed by atoms with E-state index in [1.807, 2.05) is 0 Å². The van der Waals surface area contributed by atoms with Gasteiger partial charge in [-0.05, 0) is 24.3 Å². The molecule has 2 aromatic heterocycles. The minimum absolute atomic E-state index is 0.0491. The first-order valence-electron chi connectivity index (χ1n) is 8.59. The maximum atomic E-state index is 13.7. The number of carbonyl (C=O) groups excluding carboxylic acids is 1. The number of carboxylic acid groups (broad SMARTS) is 1. The number of hydrogen-bond acceptors (Lipinski definition) is 4. The number of alkyl halides is 4. The van der Waals surface area contributed by atoms with Crippen LogP contribution >= 0.6 is 11.6 Å². The number of rotatable bonds is 3. The van der Waals surface area contributed by atoms with Gasteiger partial charge in [-0.3, -0.25) is 14.7 Å². The van der Waals surface area contributed by atoms with E-state index in [2.05, 4.69) is 9.97 Å². The number of likely N-dealkylation sites (tertiary alicyclic amines) is 1. The Morgan fingerprint density at radius 1 is 1.30 bits per heavy atom. The number of amides is 2. The second-order valence-electron chi connectivity index (χ2n) is 6.64. The molecule has 1 aliphatic rings. The molecule has 1 saturated heterocycles. The lowest BCUT2D eigenvalue weighted by Crippen LogP contribution is -2.46. The van der Waals surface area contributed by atoms with E-state index in [-0.39, 0.29) is 28.5 Å². The van der Waals surface area contributed by atoms with Crippen LogP contribution in [0.25, 0.3) is 11.3 Å². The van der Waals surface area contributed by atoms with Crippen molar-refractivity contribution in [1.29, 1.82) is 0 Å². The summed E-state index contributed by atoms with van der Waals surface area (Å²) >= 11 is 6.00. The molecule has 0 spiro atoms. The molecule has 1 aliphatic heterocycles. The van der Waals surface area contributed by atoms with Crippen LogP contribution < -0.4 is 4.90 Å². The molecule has 0 saturated carbocycles. The van der Waals surface area contributed by atoms with Gasteiger partial charge in [-0.1, -0.05) is 11.6 Å². The Kier molecular flexibility index (Phi) is 5.84. The number of nitrogens with zero attached hydrogens (tertiary/aromatic N) is 4. The lowest BCUT2D eigenvalue weighted by molar-refractivity contribution is -0.141. The number of halogens is 5. The van der Waals surface area contributed by atoms with Crippen molar-refractivity contribution in [3.8, 4) is 11.3 Å². The minimum Gasteiger partial charge on any atom is -0.465 e. The van der Waals surface area contributed by atoms with Crippen LogP contribution in [0.5, 0.6) is 0 Å². The second kappa shape index (κ2) is 8.05. The van der Waals surface area contributed by atoms with E-state index < -0.39 is 42.6 Å². The Labute approximate surface area is 172 Å². The molecule has 3 heterocycles. The predicted octanol–water partition coefficient (Wildman–Crippen LogP) is 3.87. The fourth-order valence-corrected chi connectivity index (χ4v) is 3.32. The van der Waals surface area contributed by atoms with E-state index in [4.69, 9.17) is 11.6 Å². The number of hydrogen-bond donors (Lipinski definition) is 1. The molecule has 3 rings (SSSR count). The van der Waals surface area contributed by atoms with Crippen molar-refractivity contribution < 1.29 is 32.3 Å². The zero-order valence-corrected chi connectivity index (χ0v) is 16.2. The van der Waals surface area contributed by atoms with Crippen LogP contribution in [-0.2, 0) is 11.0 Å². The highest BCUT2D eigenvalue weighted by atomic mass is 35.5. The van der Waals surface area contributed by atoms with Gasteiger partial charge in [0, 0.05) is 30.9 Å². The SMILES string of the molecule is CN(C(=O)[C@@H]1C[C@@H](F)CN1C(=O)O)c1cc(Cl)nc(-c2ccc(C(F)(F)F)nc2)c1. The summed E-state index contributed by atoms with van der Waals surface area (Å²) in [6.07, 6.45) is -6.76. The number of anilines is 1. The van der Waals surface area contributed by atoms with Gasteiger partial charge in [0.15, 0.2) is 0 Å². The predicted molar refractivity (Wildman–Crippen MR) is 98.9 cm³/mol. The topological polar surface area (TPSA) is 86.6 Å². The van der Waals surface area contributed by atoms with Crippen LogP contribution in [0, 0.1) is 0 Å². The van der Waals surface area contributed by atoms with Crippen molar-refractivity contribution in [1.82, 2.24) is 14.9 Å². The van der Waals surface area contributed by atoms with Gasteiger partial charge in [-0.15, -0.1) is 0 Å². The third kappa shape index (κ3) is 4.45. The largest absolute Gasteiger partial charge is 0.465 e. The number of carbonyl (C=O) groups is 2. The van der Waals surface area contributed by atoms with Gasteiger partial charge in [0.25, 0.3) is 0 Å². The van der Waals surface area contributed by atoms with Gasteiger partial charge in [0.1, 0.15) is 23.1 Å². The molecule has 12 heteroatoms. The Morgan fingerprint density at radius 3 is 2.57 bits per heavy atom. The Morgan fingerprint density at radius 2 is 2.00 bits per heavy atom. The average Bonchev–Trinajstić information content (AvgIpc) is 3.08. The van der Waals surface area contributed by atoms with Crippen LogP contribution in [0.3, 0.4) is 0 Å². The summed E-state index contributed by atoms with van der Waals surface area (Å²) in [6, 6.07) is 3.47. The highest BCUT2D eigenvalue weighted by molar-refractivity contribution is 6.30. The molecule has 0 aliphatic carbocycles. The summed E-state index contributed by atoms with van der Waals surface area (Å²) < 4.78 is 51.8. The van der Waals surface area contributed by atoms with Crippen molar-refractivity contribution in [2.75, 3.05) is 18.5 Å². The van der Waals surface area contributed by atoms with Crippen LogP contribution in [0.2, 0.25) is 5.15 Å². The van der Waals surface area contributed by atoms with Crippen LogP contribution in [-0.4, -0.2) is 57.8 Å². The van der Waals surface area contributed by atoms with Gasteiger partial charge in [-0.25, -0.2) is 14.2 Å². The normalized spacial score (nSPS) is 19.1. The summed E-state index contributed by atoms with van der Waals surface area (Å²) in [7, 11) is 1.36. The fourth-order valence-electron chi connectivity index (χ4n) is 3.12. The summed E-state index contributed by atoms with van der Waals surface area (Å²) in [4.78, 5) is 33.3. The number of aromatic nitrogens is 2. The first kappa shape index (κ1) is 21.8. The van der Waals surface area contributed by atoms with E-state index in [0.717, 1.165) is 28.1 Å². The van der Waals surface area contributed by atoms with Crippen molar-refractivity contribution in [3.05, 3.63) is 41.3 Å². The zero-order valence-electron chi connectivity index (χ0n) is 15.4. The summed E-state index contributed by atoms with van der Waals surface area (Å²) in [5.74, 6) is -0.670. The molecule has 2 atom stereocenters. The molecule has 160 valence electrons. The van der Waals surface area contributed by atoms with Gasteiger partial charge in [0.05, 0.1) is 12.2 Å². The molecule has 0 radical (unpaired) electrons. The molecule has 0 unspecified atom stereocenters. The first-order chi connectivity index (χ1) is 14.0. The maximum absolute atomic E-state index is 13.7. The monoisotopic (exact) mass is 446 g/mol. The average molecular weight is 447 g/mol. The number of pyridine rings is 2. The standard InChI is InChI=1S/C18H15ClF4N4O3/c1-26(16(28)13-4-10(20)8-27(13)17(29)30)11-5-12(25-15(19)6-11)9-2-3-14(24-7-9)18(21,22)23/h2-3,5-7,10,13H,4,8H2,1H3,(H,29,30)/t10-,13+/m1/s1. The van der Waals surface area contributed by atoms with Gasteiger partial charge >= 0.3 is 12.3 Å². The van der Waals surface area contributed by atoms with Crippen LogP contribution in [0.4, 0.5) is 28.0 Å². The smallest absolute Gasteiger partial charge is 0.433 e. The number of likely N-dealkylation sites (N-methyl/N-ethyl adjacent to an activating group) is 1. The summed E-state index contributed by atoms with van der Waals surface area (Å²) in [6.45, 7) is -0.404. The van der Waals surface area contributed by atoms with E-state index in [1.54, 1.807) is 0 Å². The molecule has 0 aromatic carbocycles. The highest BCUT2D eigenvalue weighted by Gasteiger charge is 2.41. The van der Waals surface area contributed by atoms with Crippen LogP contribution in [0.15, 0.2) is 30.5 Å². The lowest BCUT2D eigenvalue weighted by atomic mass is 10.1. The second-order valence-corrected chi connectivity index (χ2v) is 7.03. The van der Waals surface area contributed by atoms with E-state index in [1.165, 1.54) is 19.2 Å². The first-order valence-corrected chi connectivity index (χ1v) is 8.97. The Hall–Kier alpha value is -2.95. The quantitative estimate of drug-likeness (QED) is 0.571. The molecule has 1 fully saturated rings. The van der Waals surface area contributed by atoms with Crippen molar-refractivity contribution in [2.45, 2.75) is 24.8 Å². The van der Waals surface area contributed by atoms with Crippen LogP contribution in [0.1, 0.15) is 12.1 Å². The molecule has 2 aromatic rings. The maximum Gasteiger partial charge on any atom is 0.433 e. The van der Waals surface area contributed by atoms with E-state index in [9.17, 15) is 32.3 Å². The minimum atomic E-state index is -4.59. The highest BCUT2D eigenvalue weighted by Crippen LogP contribution is 2.31. The molecule has 2 amide bonds. The fraction of sp³-hybridized carbons (Fsp3) is 0.333. The Balaban J connectivity index is 1.89. The molecule has 1 N–H and O–H groups in total. The van der Waals surface area contributed by atoms with Crippen molar-refractivity contribution in [3.63, 3.8) is 0 Å². The summed E-state index contributed by atoms with van der Waals surface area (Å²) in [5, 5.41) is 9.14. The third-order valence-electron chi connectivity index (χ3n) is 4.63. The van der Waals surface area contributed by atoms with E-state index in [0.29, 0.717) is 0 Å². The zero-order chi connectivity index (χ0) is 22.2. The van der Waals surface area contributed by atoms with Crippen molar-refractivity contribution in [2.24, 2.45) is 0 Å². The third-order valence-corrected chi connectivity index (χ3v) is 4.82. The van der Waals surface area contributed by atoms with Gasteiger partial charge in [-0.2, -0.15) is 13.2 Å². The Bertz CT molecular complexity index is 971. The van der Waals surface area contributed by atoms with Gasteiger partial charge in [0.2, 0.25) is 5.91 Å². The molecule has 0 bridgehead atoms. The molecule has 30 heavy (non-hydrogen) atoms. The molecular weight excluding hydrogens is 432 g/mol. The van der Waals surface area contributed by atoms with E-state index >= 15 is 0 Å². The molecule has 7 nitrogen and oxygen atoms in total. The lowest BCUT2D eigenvalue weighted by Gasteiger charge is -2.26.